The average Bonchev–Trinajstić information content (AvgIpc) is 3.24. The minimum Gasteiger partial charge on any atom is -0.481 e. The summed E-state index contributed by atoms with van der Waals surface area (Å²) < 4.78 is 5.78. The first-order valence-corrected chi connectivity index (χ1v) is 15.4. The number of esters is 1. The Bertz CT molecular complexity index is 970. The number of rotatable bonds is 11. The number of hydrogen-bond acceptors (Lipinski definition) is 6. The van der Waals surface area contributed by atoms with E-state index in [9.17, 15) is 29.4 Å². The molecule has 0 aliphatic heterocycles. The number of nitrogens with two attached hydrogens (primary N) is 1. The van der Waals surface area contributed by atoms with E-state index in [0.717, 1.165) is 38.5 Å². The Morgan fingerprint density at radius 2 is 1.50 bits per heavy atom. The second-order valence-corrected chi connectivity index (χ2v) is 14.0. The molecule has 0 bridgehead atoms. The van der Waals surface area contributed by atoms with Gasteiger partial charge in [0.15, 0.2) is 5.92 Å². The molecular formula is C31H49NO8. The van der Waals surface area contributed by atoms with Crippen molar-refractivity contribution in [3.05, 3.63) is 0 Å². The number of carbonyl (C=O) groups excluding carboxylic acids is 1. The van der Waals surface area contributed by atoms with Crippen LogP contribution >= 0.6 is 0 Å². The average molecular weight is 564 g/mol. The van der Waals surface area contributed by atoms with E-state index < -0.39 is 35.8 Å². The molecule has 10 atom stereocenters. The van der Waals surface area contributed by atoms with Gasteiger partial charge in [-0.2, -0.15) is 0 Å². The first kappa shape index (κ1) is 30.8. The molecule has 0 saturated heterocycles. The highest BCUT2D eigenvalue weighted by Crippen LogP contribution is 2.68. The number of carboxylic acid groups (broad SMARTS) is 3. The van der Waals surface area contributed by atoms with Gasteiger partial charge >= 0.3 is 23.9 Å². The number of carbonyl (C=O) groups is 4. The van der Waals surface area contributed by atoms with Gasteiger partial charge in [0.2, 0.25) is 0 Å². The monoisotopic (exact) mass is 563 g/mol. The molecule has 4 rings (SSSR count). The summed E-state index contributed by atoms with van der Waals surface area (Å²) in [5.41, 5.74) is 6.33. The van der Waals surface area contributed by atoms with Crippen LogP contribution < -0.4 is 5.73 Å². The lowest BCUT2D eigenvalue weighted by molar-refractivity contribution is -0.164. The summed E-state index contributed by atoms with van der Waals surface area (Å²) in [7, 11) is 0. The molecule has 5 unspecified atom stereocenters. The molecular weight excluding hydrogens is 514 g/mol. The summed E-state index contributed by atoms with van der Waals surface area (Å²) in [6.45, 7) is 7.10. The third-order valence-corrected chi connectivity index (χ3v) is 12.1. The molecule has 0 aromatic heterocycles. The van der Waals surface area contributed by atoms with Crippen molar-refractivity contribution < 1.29 is 39.2 Å². The normalized spacial score (nSPS) is 38.4. The van der Waals surface area contributed by atoms with Crippen LogP contribution in [-0.2, 0) is 23.9 Å². The van der Waals surface area contributed by atoms with Gasteiger partial charge in [-0.15, -0.1) is 0 Å². The zero-order chi connectivity index (χ0) is 29.4. The molecule has 0 heterocycles. The summed E-state index contributed by atoms with van der Waals surface area (Å²) >= 11 is 0. The van der Waals surface area contributed by atoms with Crippen LogP contribution in [0.1, 0.15) is 104 Å². The van der Waals surface area contributed by atoms with Gasteiger partial charge in [0.05, 0.1) is 0 Å². The maximum absolute atomic E-state index is 12.5. The number of aliphatic carboxylic acids is 3. The number of carboxylic acids is 3. The van der Waals surface area contributed by atoms with E-state index in [-0.39, 0.29) is 36.2 Å². The van der Waals surface area contributed by atoms with Crippen molar-refractivity contribution in [1.82, 2.24) is 0 Å². The van der Waals surface area contributed by atoms with Crippen LogP contribution in [0.2, 0.25) is 0 Å². The molecule has 4 aliphatic rings. The first-order chi connectivity index (χ1) is 18.8. The second-order valence-electron chi connectivity index (χ2n) is 14.0. The Hall–Kier alpha value is -2.16. The van der Waals surface area contributed by atoms with Crippen molar-refractivity contribution in [3.63, 3.8) is 0 Å². The van der Waals surface area contributed by atoms with Gasteiger partial charge in [-0.05, 0) is 123 Å². The molecule has 40 heavy (non-hydrogen) atoms. The molecule has 0 aromatic rings. The van der Waals surface area contributed by atoms with Gasteiger partial charge in [-0.3, -0.25) is 19.2 Å². The molecule has 5 N–H and O–H groups in total. The van der Waals surface area contributed by atoms with Crippen LogP contribution in [0.4, 0.5) is 0 Å². The van der Waals surface area contributed by atoms with Crippen LogP contribution in [0.25, 0.3) is 0 Å². The fourth-order valence-electron chi connectivity index (χ4n) is 9.93. The summed E-state index contributed by atoms with van der Waals surface area (Å²) in [6, 6.07) is -0.895. The Morgan fingerprint density at radius 1 is 0.850 bits per heavy atom. The van der Waals surface area contributed by atoms with Crippen molar-refractivity contribution >= 4 is 23.9 Å². The van der Waals surface area contributed by atoms with Gasteiger partial charge in [-0.25, -0.2) is 0 Å². The highest BCUT2D eigenvalue weighted by Gasteiger charge is 2.60. The fraction of sp³-hybridized carbons (Fsp3) is 0.871. The van der Waals surface area contributed by atoms with E-state index in [1.165, 1.54) is 19.3 Å². The third kappa shape index (κ3) is 5.90. The molecule has 0 amide bonds. The lowest BCUT2D eigenvalue weighted by atomic mass is 9.44. The van der Waals surface area contributed by atoms with Crippen molar-refractivity contribution in [2.24, 2.45) is 58.0 Å². The molecule has 0 spiro atoms. The van der Waals surface area contributed by atoms with Gasteiger partial charge < -0.3 is 25.8 Å². The molecule has 4 aliphatic carbocycles. The SMILES string of the molecule is C[C@H](CCC(C(=O)O)C(=O)O)C1CCC2C3CCC4C[C@H](OC(=O)[C@@H](N)CCC(=O)O)CC[C@]4(C)C3CC[C@@]21C. The Balaban J connectivity index is 1.36. The van der Waals surface area contributed by atoms with E-state index in [0.29, 0.717) is 41.9 Å². The maximum Gasteiger partial charge on any atom is 0.323 e. The molecule has 9 nitrogen and oxygen atoms in total. The molecule has 4 fully saturated rings. The Morgan fingerprint density at radius 3 is 2.15 bits per heavy atom. The Labute approximate surface area is 237 Å². The van der Waals surface area contributed by atoms with Crippen LogP contribution in [0.15, 0.2) is 0 Å². The highest BCUT2D eigenvalue weighted by molar-refractivity contribution is 5.92. The predicted octanol–water partition coefficient (Wildman–Crippen LogP) is 4.95. The third-order valence-electron chi connectivity index (χ3n) is 12.1. The molecule has 0 radical (unpaired) electrons. The number of fused-ring (bicyclic) bond motifs is 5. The topological polar surface area (TPSA) is 164 Å². The van der Waals surface area contributed by atoms with Crippen LogP contribution in [0.5, 0.6) is 0 Å². The minimum absolute atomic E-state index is 0.0885. The quantitative estimate of drug-likeness (QED) is 0.201. The summed E-state index contributed by atoms with van der Waals surface area (Å²) in [5.74, 6) is -2.01. The predicted molar refractivity (Wildman–Crippen MR) is 147 cm³/mol. The smallest absolute Gasteiger partial charge is 0.323 e. The lowest BCUT2D eigenvalue weighted by Gasteiger charge is -2.61. The molecule has 226 valence electrons. The first-order valence-electron chi connectivity index (χ1n) is 15.4. The van der Waals surface area contributed by atoms with E-state index in [1.807, 2.05) is 0 Å². The van der Waals surface area contributed by atoms with Gasteiger partial charge in [0.1, 0.15) is 12.1 Å². The number of hydrogen-bond donors (Lipinski definition) is 4. The zero-order valence-corrected chi connectivity index (χ0v) is 24.3. The van der Waals surface area contributed by atoms with Gasteiger partial charge in [0.25, 0.3) is 0 Å². The molecule has 0 aromatic carbocycles. The highest BCUT2D eigenvalue weighted by atomic mass is 16.5. The van der Waals surface area contributed by atoms with E-state index in [1.54, 1.807) is 0 Å². The lowest BCUT2D eigenvalue weighted by Crippen LogP contribution is -2.54. The summed E-state index contributed by atoms with van der Waals surface area (Å²) in [4.78, 5) is 46.1. The zero-order valence-electron chi connectivity index (χ0n) is 24.3. The van der Waals surface area contributed by atoms with E-state index >= 15 is 0 Å². The van der Waals surface area contributed by atoms with Gasteiger partial charge in [-0.1, -0.05) is 20.8 Å². The fourth-order valence-corrected chi connectivity index (χ4v) is 9.93. The largest absolute Gasteiger partial charge is 0.481 e. The minimum atomic E-state index is -1.33. The maximum atomic E-state index is 12.5. The van der Waals surface area contributed by atoms with Crippen molar-refractivity contribution in [2.45, 2.75) is 116 Å². The van der Waals surface area contributed by atoms with Gasteiger partial charge in [0, 0.05) is 6.42 Å². The second kappa shape index (κ2) is 12.0. The van der Waals surface area contributed by atoms with E-state index in [2.05, 4.69) is 20.8 Å². The van der Waals surface area contributed by atoms with Crippen LogP contribution in [-0.4, -0.2) is 51.3 Å². The van der Waals surface area contributed by atoms with E-state index in [4.69, 9.17) is 15.6 Å². The molecule has 9 heteroatoms. The van der Waals surface area contributed by atoms with Crippen molar-refractivity contribution in [2.75, 3.05) is 0 Å². The molecule has 4 saturated carbocycles. The Kier molecular flexibility index (Phi) is 9.22. The van der Waals surface area contributed by atoms with Crippen molar-refractivity contribution in [3.8, 4) is 0 Å². The summed E-state index contributed by atoms with van der Waals surface area (Å²) in [5, 5.41) is 27.5. The van der Waals surface area contributed by atoms with Crippen LogP contribution in [0, 0.1) is 52.3 Å². The summed E-state index contributed by atoms with van der Waals surface area (Å²) in [6.07, 6.45) is 10.3. The number of ether oxygens (including phenoxy) is 1. The standard InChI is InChI=1S/C31H49NO8/c1-17(4-6-21(27(35)36)28(37)38)22-8-9-23-20-7-5-18-16-19(40-29(39)25(32)10-11-26(33)34)12-14-30(18,2)24(20)13-15-31(22,23)3/h17-25H,4-16,32H2,1-3H3,(H,33,34)(H,35,36)(H,37,38)/t17-,18?,19-,20?,22?,23?,24?,25+,30+,31-/m1/s1. The van der Waals surface area contributed by atoms with Crippen molar-refractivity contribution in [1.29, 1.82) is 0 Å². The van der Waals surface area contributed by atoms with Crippen LogP contribution in [0.3, 0.4) is 0 Å².